The number of nitrogens with zero attached hydrogens (tertiary/aromatic N) is 2. The highest BCUT2D eigenvalue weighted by molar-refractivity contribution is 5.92. The van der Waals surface area contributed by atoms with E-state index in [4.69, 9.17) is 0 Å². The minimum atomic E-state index is -0.129. The lowest BCUT2D eigenvalue weighted by Gasteiger charge is -2.27. The number of benzene rings is 1. The lowest BCUT2D eigenvalue weighted by atomic mass is 9.94. The predicted octanol–water partition coefficient (Wildman–Crippen LogP) is 1.04. The zero-order valence-electron chi connectivity index (χ0n) is 11.5. The normalized spacial score (nSPS) is 17.6. The van der Waals surface area contributed by atoms with E-state index in [1.165, 1.54) is 11.1 Å². The van der Waals surface area contributed by atoms with E-state index >= 15 is 0 Å². The van der Waals surface area contributed by atoms with E-state index in [0.717, 1.165) is 13.0 Å². The largest absolute Gasteiger partial charge is 0.349 e. The standard InChI is InChI=1S/C15H18N4O/c1-19-9-14(18-10-19)15(20)17-8-13-12-5-3-2-4-11(12)6-7-16-13/h2-5,9-10,13,16H,6-8H2,1H3,(H,17,20). The average molecular weight is 270 g/mol. The number of carbonyl (C=O) groups excluding carboxylic acids is 1. The van der Waals surface area contributed by atoms with Gasteiger partial charge in [-0.05, 0) is 24.1 Å². The van der Waals surface area contributed by atoms with Crippen LogP contribution in [0.25, 0.3) is 0 Å². The summed E-state index contributed by atoms with van der Waals surface area (Å²) in [6, 6.07) is 8.56. The predicted molar refractivity (Wildman–Crippen MR) is 76.4 cm³/mol. The summed E-state index contributed by atoms with van der Waals surface area (Å²) < 4.78 is 1.77. The molecule has 0 fully saturated rings. The van der Waals surface area contributed by atoms with E-state index in [1.54, 1.807) is 17.1 Å². The maximum atomic E-state index is 12.0. The Kier molecular flexibility index (Phi) is 3.52. The van der Waals surface area contributed by atoms with Crippen molar-refractivity contribution in [2.45, 2.75) is 12.5 Å². The van der Waals surface area contributed by atoms with Crippen LogP contribution in [0, 0.1) is 0 Å². The molecule has 2 heterocycles. The van der Waals surface area contributed by atoms with Crippen molar-refractivity contribution < 1.29 is 4.79 Å². The van der Waals surface area contributed by atoms with Gasteiger partial charge in [-0.2, -0.15) is 0 Å². The lowest BCUT2D eigenvalue weighted by Crippen LogP contribution is -2.38. The molecule has 2 N–H and O–H groups in total. The van der Waals surface area contributed by atoms with Crippen LogP contribution in [-0.2, 0) is 13.5 Å². The first kappa shape index (κ1) is 12.9. The van der Waals surface area contributed by atoms with Gasteiger partial charge in [0.1, 0.15) is 5.69 Å². The maximum absolute atomic E-state index is 12.0. The molecular weight excluding hydrogens is 252 g/mol. The monoisotopic (exact) mass is 270 g/mol. The molecule has 1 atom stereocenters. The Bertz CT molecular complexity index is 620. The highest BCUT2D eigenvalue weighted by Gasteiger charge is 2.20. The number of rotatable bonds is 3. The number of aryl methyl sites for hydroxylation is 1. The summed E-state index contributed by atoms with van der Waals surface area (Å²) in [6.45, 7) is 1.52. The van der Waals surface area contributed by atoms with Crippen molar-refractivity contribution in [2.24, 2.45) is 7.05 Å². The molecule has 3 rings (SSSR count). The summed E-state index contributed by atoms with van der Waals surface area (Å²) in [5, 5.41) is 6.39. The number of carbonyl (C=O) groups is 1. The Morgan fingerprint density at radius 2 is 2.35 bits per heavy atom. The Labute approximate surface area is 118 Å². The molecule has 0 bridgehead atoms. The number of aromatic nitrogens is 2. The zero-order valence-corrected chi connectivity index (χ0v) is 11.5. The van der Waals surface area contributed by atoms with E-state index in [1.807, 2.05) is 13.1 Å². The van der Waals surface area contributed by atoms with Crippen molar-refractivity contribution in [1.82, 2.24) is 20.2 Å². The lowest BCUT2D eigenvalue weighted by molar-refractivity contribution is 0.0944. The van der Waals surface area contributed by atoms with Gasteiger partial charge in [0.2, 0.25) is 0 Å². The number of hydrogen-bond acceptors (Lipinski definition) is 3. The Morgan fingerprint density at radius 1 is 1.50 bits per heavy atom. The second kappa shape index (κ2) is 5.46. The second-order valence-electron chi connectivity index (χ2n) is 5.09. The molecule has 0 spiro atoms. The number of fused-ring (bicyclic) bond motifs is 1. The van der Waals surface area contributed by atoms with Crippen LogP contribution in [0.5, 0.6) is 0 Å². The summed E-state index contributed by atoms with van der Waals surface area (Å²) in [5.41, 5.74) is 3.10. The van der Waals surface area contributed by atoms with Crippen molar-refractivity contribution >= 4 is 5.91 Å². The third-order valence-electron chi connectivity index (χ3n) is 3.62. The van der Waals surface area contributed by atoms with Crippen molar-refractivity contribution in [1.29, 1.82) is 0 Å². The molecule has 0 saturated carbocycles. The van der Waals surface area contributed by atoms with Gasteiger partial charge in [-0.3, -0.25) is 4.79 Å². The number of amides is 1. The topological polar surface area (TPSA) is 59.0 Å². The molecular formula is C15H18N4O. The smallest absolute Gasteiger partial charge is 0.271 e. The second-order valence-corrected chi connectivity index (χ2v) is 5.09. The molecule has 0 saturated heterocycles. The molecule has 0 radical (unpaired) electrons. The minimum Gasteiger partial charge on any atom is -0.349 e. The Balaban J connectivity index is 1.66. The van der Waals surface area contributed by atoms with Crippen molar-refractivity contribution in [2.75, 3.05) is 13.1 Å². The van der Waals surface area contributed by atoms with Gasteiger partial charge in [0.05, 0.1) is 6.33 Å². The summed E-state index contributed by atoms with van der Waals surface area (Å²) in [4.78, 5) is 16.1. The van der Waals surface area contributed by atoms with Crippen LogP contribution >= 0.6 is 0 Å². The number of hydrogen-bond donors (Lipinski definition) is 2. The van der Waals surface area contributed by atoms with Crippen LogP contribution in [0.15, 0.2) is 36.8 Å². The van der Waals surface area contributed by atoms with Crippen LogP contribution < -0.4 is 10.6 Å². The fraction of sp³-hybridized carbons (Fsp3) is 0.333. The van der Waals surface area contributed by atoms with Crippen molar-refractivity contribution in [3.63, 3.8) is 0 Å². The van der Waals surface area contributed by atoms with E-state index in [2.05, 4.69) is 33.8 Å². The molecule has 5 heteroatoms. The van der Waals surface area contributed by atoms with Gasteiger partial charge in [-0.15, -0.1) is 0 Å². The molecule has 5 nitrogen and oxygen atoms in total. The van der Waals surface area contributed by atoms with Gasteiger partial charge in [0.15, 0.2) is 0 Å². The Morgan fingerprint density at radius 3 is 3.15 bits per heavy atom. The average Bonchev–Trinajstić information content (AvgIpc) is 2.91. The maximum Gasteiger partial charge on any atom is 0.271 e. The van der Waals surface area contributed by atoms with E-state index in [0.29, 0.717) is 12.2 Å². The summed E-state index contributed by atoms with van der Waals surface area (Å²) in [7, 11) is 1.85. The van der Waals surface area contributed by atoms with E-state index in [-0.39, 0.29) is 11.9 Å². The third kappa shape index (κ3) is 2.58. The summed E-state index contributed by atoms with van der Waals surface area (Å²) in [5.74, 6) is -0.129. The molecule has 104 valence electrons. The molecule has 1 aromatic heterocycles. The molecule has 0 aliphatic carbocycles. The summed E-state index contributed by atoms with van der Waals surface area (Å²) in [6.07, 6.45) is 4.39. The van der Waals surface area contributed by atoms with Gasteiger partial charge >= 0.3 is 0 Å². The molecule has 1 unspecified atom stereocenters. The van der Waals surface area contributed by atoms with Crippen LogP contribution in [0.1, 0.15) is 27.7 Å². The number of nitrogens with one attached hydrogen (secondary N) is 2. The molecule has 2 aromatic rings. The van der Waals surface area contributed by atoms with Gasteiger partial charge in [0.25, 0.3) is 5.91 Å². The van der Waals surface area contributed by atoms with Crippen LogP contribution in [-0.4, -0.2) is 28.5 Å². The fourth-order valence-corrected chi connectivity index (χ4v) is 2.59. The highest BCUT2D eigenvalue weighted by Crippen LogP contribution is 2.21. The Hall–Kier alpha value is -2.14. The highest BCUT2D eigenvalue weighted by atomic mass is 16.1. The molecule has 1 aromatic carbocycles. The first-order valence-corrected chi connectivity index (χ1v) is 6.81. The zero-order chi connectivity index (χ0) is 13.9. The van der Waals surface area contributed by atoms with E-state index < -0.39 is 0 Å². The molecule has 1 amide bonds. The third-order valence-corrected chi connectivity index (χ3v) is 3.62. The van der Waals surface area contributed by atoms with E-state index in [9.17, 15) is 4.79 Å². The van der Waals surface area contributed by atoms with Crippen LogP contribution in [0.3, 0.4) is 0 Å². The minimum absolute atomic E-state index is 0.129. The molecule has 1 aliphatic heterocycles. The van der Waals surface area contributed by atoms with Gasteiger partial charge < -0.3 is 15.2 Å². The summed E-state index contributed by atoms with van der Waals surface area (Å²) >= 11 is 0. The van der Waals surface area contributed by atoms with Gasteiger partial charge in [-0.1, -0.05) is 24.3 Å². The molecule has 1 aliphatic rings. The fourth-order valence-electron chi connectivity index (χ4n) is 2.59. The first-order chi connectivity index (χ1) is 9.74. The van der Waals surface area contributed by atoms with Crippen molar-refractivity contribution in [3.8, 4) is 0 Å². The SMILES string of the molecule is Cn1cnc(C(=O)NCC2NCCc3ccccc32)c1. The van der Waals surface area contributed by atoms with Crippen LogP contribution in [0.2, 0.25) is 0 Å². The van der Waals surface area contributed by atoms with Crippen molar-refractivity contribution in [3.05, 3.63) is 53.6 Å². The van der Waals surface area contributed by atoms with Gasteiger partial charge in [0, 0.05) is 25.8 Å². The van der Waals surface area contributed by atoms with Crippen LogP contribution in [0.4, 0.5) is 0 Å². The molecule has 20 heavy (non-hydrogen) atoms. The number of imidazole rings is 1. The first-order valence-electron chi connectivity index (χ1n) is 6.81. The van der Waals surface area contributed by atoms with Gasteiger partial charge in [-0.25, -0.2) is 4.98 Å². The quantitative estimate of drug-likeness (QED) is 0.876.